The van der Waals surface area contributed by atoms with Crippen molar-refractivity contribution in [3.63, 3.8) is 0 Å². The Kier molecular flexibility index (Phi) is 13.8. The summed E-state index contributed by atoms with van der Waals surface area (Å²) in [7, 11) is 2.13. The molecule has 1 atom stereocenters. The van der Waals surface area contributed by atoms with Crippen LogP contribution < -0.4 is 4.74 Å². The van der Waals surface area contributed by atoms with E-state index in [1.807, 2.05) is 13.8 Å². The molecule has 1 aromatic rings. The van der Waals surface area contributed by atoms with Crippen LogP contribution in [0.4, 0.5) is 4.79 Å². The highest BCUT2D eigenvalue weighted by atomic mass is 32.1. The first-order valence-electron chi connectivity index (χ1n) is 14.2. The molecule has 2 rings (SSSR count). The Morgan fingerprint density at radius 3 is 2.25 bits per heavy atom. The highest BCUT2D eigenvalue weighted by Gasteiger charge is 2.46. The molecular weight excluding hydrogens is 474 g/mol. The quantitative estimate of drug-likeness (QED) is 0.111. The molecule has 0 fully saturated rings. The van der Waals surface area contributed by atoms with Crippen LogP contribution in [-0.4, -0.2) is 58.5 Å². The van der Waals surface area contributed by atoms with Crippen LogP contribution in [0.3, 0.4) is 0 Å². The summed E-state index contributed by atoms with van der Waals surface area (Å²) in [6.45, 7) is 11.0. The van der Waals surface area contributed by atoms with Crippen LogP contribution in [0.25, 0.3) is 5.57 Å². The zero-order valence-electron chi connectivity index (χ0n) is 23.5. The van der Waals surface area contributed by atoms with Crippen molar-refractivity contribution in [2.24, 2.45) is 0 Å². The SMILES string of the molecule is CCCCCCCCCCOC(=O)OC(C)(C)[N+]1(C)CCC=C(c2nsnc2OCCCCCC)C1. The number of quaternary nitrogens is 1. The lowest BCUT2D eigenvalue weighted by Gasteiger charge is -2.47. The zero-order valence-corrected chi connectivity index (χ0v) is 24.3. The normalized spacial score (nSPS) is 18.1. The van der Waals surface area contributed by atoms with E-state index < -0.39 is 11.9 Å². The van der Waals surface area contributed by atoms with Crippen LogP contribution in [0.1, 0.15) is 117 Å². The standard InChI is InChI=1S/C28H50N3O4S/c1-6-8-10-12-13-14-15-17-22-34-27(32)35-28(3,4)31(5)20-18-19-24(23-31)25-26(30-36-29-25)33-21-16-11-9-7-2/h19H,6-18,20-23H2,1-5H3/q+1. The van der Waals surface area contributed by atoms with Crippen LogP contribution in [0.2, 0.25) is 0 Å². The van der Waals surface area contributed by atoms with Crippen LogP contribution in [0.15, 0.2) is 6.08 Å². The summed E-state index contributed by atoms with van der Waals surface area (Å²) in [6, 6.07) is 0. The molecule has 0 bridgehead atoms. The maximum Gasteiger partial charge on any atom is 0.512 e. The van der Waals surface area contributed by atoms with Gasteiger partial charge in [-0.15, -0.1) is 4.37 Å². The van der Waals surface area contributed by atoms with Crippen molar-refractivity contribution >= 4 is 23.5 Å². The van der Waals surface area contributed by atoms with E-state index in [1.165, 1.54) is 69.5 Å². The zero-order chi connectivity index (χ0) is 26.3. The van der Waals surface area contributed by atoms with Gasteiger partial charge in [-0.3, -0.25) is 4.48 Å². The number of rotatable bonds is 18. The fourth-order valence-corrected chi connectivity index (χ4v) is 5.11. The molecule has 0 saturated carbocycles. The molecule has 0 aliphatic carbocycles. The first kappa shape index (κ1) is 30.6. The number of carbonyl (C=O) groups excluding carboxylic acids is 1. The summed E-state index contributed by atoms with van der Waals surface area (Å²) in [6.07, 6.45) is 16.8. The summed E-state index contributed by atoms with van der Waals surface area (Å²) < 4.78 is 26.8. The predicted molar refractivity (Wildman–Crippen MR) is 147 cm³/mol. The molecule has 36 heavy (non-hydrogen) atoms. The van der Waals surface area contributed by atoms with E-state index in [2.05, 4.69) is 35.7 Å². The molecular formula is C28H50N3O4S+. The van der Waals surface area contributed by atoms with Gasteiger partial charge in [0.1, 0.15) is 12.2 Å². The predicted octanol–water partition coefficient (Wildman–Crippen LogP) is 7.76. The minimum atomic E-state index is -0.736. The average molecular weight is 525 g/mol. The smallest absolute Gasteiger partial charge is 0.475 e. The van der Waals surface area contributed by atoms with Gasteiger partial charge in [-0.1, -0.05) is 84.1 Å². The first-order valence-corrected chi connectivity index (χ1v) is 14.9. The molecule has 1 unspecified atom stereocenters. The van der Waals surface area contributed by atoms with E-state index in [4.69, 9.17) is 14.2 Å². The monoisotopic (exact) mass is 524 g/mol. The van der Waals surface area contributed by atoms with Gasteiger partial charge in [0.2, 0.25) is 5.72 Å². The number of unbranched alkanes of at least 4 members (excludes halogenated alkanes) is 10. The Morgan fingerprint density at radius 2 is 1.56 bits per heavy atom. The van der Waals surface area contributed by atoms with E-state index in [1.54, 1.807) is 0 Å². The summed E-state index contributed by atoms with van der Waals surface area (Å²) in [5.41, 5.74) is 1.19. The third-order valence-electron chi connectivity index (χ3n) is 7.38. The maximum atomic E-state index is 12.5. The number of likely N-dealkylation sites (N-methyl/N-ethyl adjacent to an activating group) is 1. The van der Waals surface area contributed by atoms with E-state index in [0.29, 0.717) is 30.1 Å². The fraction of sp³-hybridized carbons (Fsp3) is 0.821. The molecule has 2 heterocycles. The van der Waals surface area contributed by atoms with E-state index >= 15 is 0 Å². The first-order chi connectivity index (χ1) is 17.3. The molecule has 0 spiro atoms. The minimum Gasteiger partial charge on any atom is -0.475 e. The molecule has 8 heteroatoms. The van der Waals surface area contributed by atoms with Gasteiger partial charge in [-0.2, -0.15) is 4.37 Å². The highest BCUT2D eigenvalue weighted by molar-refractivity contribution is 6.99. The minimum absolute atomic E-state index is 0.419. The van der Waals surface area contributed by atoms with Crippen molar-refractivity contribution in [3.05, 3.63) is 11.8 Å². The molecule has 0 N–H and O–H groups in total. The van der Waals surface area contributed by atoms with E-state index in [0.717, 1.165) is 43.5 Å². The van der Waals surface area contributed by atoms with Crippen molar-refractivity contribution in [3.8, 4) is 5.88 Å². The van der Waals surface area contributed by atoms with Crippen molar-refractivity contribution in [2.75, 3.05) is 33.4 Å². The lowest BCUT2D eigenvalue weighted by Crippen LogP contribution is -2.62. The van der Waals surface area contributed by atoms with Crippen molar-refractivity contribution < 1.29 is 23.5 Å². The number of aromatic nitrogens is 2. The average Bonchev–Trinajstić information content (AvgIpc) is 3.31. The van der Waals surface area contributed by atoms with Gasteiger partial charge in [-0.05, 0) is 12.8 Å². The molecule has 0 radical (unpaired) electrons. The Labute approximate surface area is 223 Å². The van der Waals surface area contributed by atoms with Gasteiger partial charge in [0.25, 0.3) is 5.88 Å². The second-order valence-electron chi connectivity index (χ2n) is 10.7. The van der Waals surface area contributed by atoms with Crippen LogP contribution in [0, 0.1) is 0 Å². The number of hydrogen-bond donors (Lipinski definition) is 0. The van der Waals surface area contributed by atoms with E-state index in [9.17, 15) is 4.79 Å². The molecule has 1 aliphatic rings. The number of carbonyl (C=O) groups is 1. The topological polar surface area (TPSA) is 70.5 Å². The Hall–Kier alpha value is -1.67. The lowest BCUT2D eigenvalue weighted by molar-refractivity contribution is -0.971. The number of hydrogen-bond acceptors (Lipinski definition) is 7. The Bertz CT molecular complexity index is 796. The van der Waals surface area contributed by atoms with Gasteiger partial charge in [0.05, 0.1) is 38.5 Å². The van der Waals surface area contributed by atoms with Gasteiger partial charge in [0, 0.05) is 25.8 Å². The Morgan fingerprint density at radius 1 is 0.944 bits per heavy atom. The van der Waals surface area contributed by atoms with Gasteiger partial charge in [0.15, 0.2) is 0 Å². The van der Waals surface area contributed by atoms with Gasteiger partial charge < -0.3 is 14.2 Å². The van der Waals surface area contributed by atoms with Gasteiger partial charge in [-0.25, -0.2) is 4.79 Å². The molecule has 1 aliphatic heterocycles. The highest BCUT2D eigenvalue weighted by Crippen LogP contribution is 2.35. The largest absolute Gasteiger partial charge is 0.512 e. The molecule has 7 nitrogen and oxygen atoms in total. The van der Waals surface area contributed by atoms with E-state index in [-0.39, 0.29) is 0 Å². The van der Waals surface area contributed by atoms with Gasteiger partial charge >= 0.3 is 6.16 Å². The third kappa shape index (κ3) is 10.0. The summed E-state index contributed by atoms with van der Waals surface area (Å²) in [5.74, 6) is 0.625. The van der Waals surface area contributed by atoms with Crippen LogP contribution in [-0.2, 0) is 9.47 Å². The van der Waals surface area contributed by atoms with Crippen molar-refractivity contribution in [2.45, 2.75) is 117 Å². The third-order valence-corrected chi connectivity index (χ3v) is 7.89. The van der Waals surface area contributed by atoms with Crippen LogP contribution >= 0.6 is 11.7 Å². The maximum absolute atomic E-state index is 12.5. The summed E-state index contributed by atoms with van der Waals surface area (Å²) in [5, 5.41) is 0. The summed E-state index contributed by atoms with van der Waals surface area (Å²) >= 11 is 1.19. The molecule has 0 saturated heterocycles. The van der Waals surface area contributed by atoms with Crippen LogP contribution in [0.5, 0.6) is 5.88 Å². The second kappa shape index (κ2) is 16.2. The summed E-state index contributed by atoms with van der Waals surface area (Å²) in [4.78, 5) is 12.5. The number of nitrogens with zero attached hydrogens (tertiary/aromatic N) is 3. The second-order valence-corrected chi connectivity index (χ2v) is 11.3. The number of ether oxygens (including phenoxy) is 3. The molecule has 0 amide bonds. The molecule has 0 aromatic carbocycles. The lowest BCUT2D eigenvalue weighted by atomic mass is 10.0. The molecule has 1 aromatic heterocycles. The van der Waals surface area contributed by atoms with Crippen molar-refractivity contribution in [1.82, 2.24) is 8.75 Å². The molecule has 206 valence electrons. The Balaban J connectivity index is 1.80. The van der Waals surface area contributed by atoms with Crippen molar-refractivity contribution in [1.29, 1.82) is 0 Å². The fourth-order valence-electron chi connectivity index (χ4n) is 4.58.